The molecule has 0 saturated heterocycles. The van der Waals surface area contributed by atoms with Crippen LogP contribution in [0, 0.1) is 0 Å². The highest BCUT2D eigenvalue weighted by molar-refractivity contribution is 5.76. The molecular formula is C11H14O3. The molecule has 2 N–H and O–H groups in total. The van der Waals surface area contributed by atoms with Gasteiger partial charge < -0.3 is 10.2 Å². The SMILES string of the molecule is CCCC(C(=O)O)c1ccc(O)cc1. The summed E-state index contributed by atoms with van der Waals surface area (Å²) in [5.41, 5.74) is 0.747. The van der Waals surface area contributed by atoms with Crippen molar-refractivity contribution in [2.24, 2.45) is 0 Å². The van der Waals surface area contributed by atoms with Crippen LogP contribution in [0.5, 0.6) is 5.75 Å². The molecule has 1 aromatic carbocycles. The fourth-order valence-electron chi connectivity index (χ4n) is 1.43. The molecule has 0 radical (unpaired) electrons. The maximum atomic E-state index is 10.9. The molecule has 3 heteroatoms. The third kappa shape index (κ3) is 2.49. The van der Waals surface area contributed by atoms with Crippen LogP contribution in [0.25, 0.3) is 0 Å². The maximum absolute atomic E-state index is 10.9. The first-order chi connectivity index (χ1) is 6.65. The molecule has 0 aliphatic carbocycles. The average molecular weight is 194 g/mol. The minimum absolute atomic E-state index is 0.161. The lowest BCUT2D eigenvalue weighted by Crippen LogP contribution is -2.10. The van der Waals surface area contributed by atoms with E-state index < -0.39 is 11.9 Å². The number of aliphatic carboxylic acids is 1. The number of phenolic OH excluding ortho intramolecular Hbond substituents is 1. The number of hydrogen-bond donors (Lipinski definition) is 2. The predicted molar refractivity (Wildman–Crippen MR) is 53.4 cm³/mol. The van der Waals surface area contributed by atoms with Crippen LogP contribution in [0.3, 0.4) is 0 Å². The van der Waals surface area contributed by atoms with Gasteiger partial charge in [0.1, 0.15) is 5.75 Å². The molecule has 0 spiro atoms. The summed E-state index contributed by atoms with van der Waals surface area (Å²) in [6.07, 6.45) is 1.46. The number of rotatable bonds is 4. The Bertz CT molecular complexity index is 303. The number of carboxylic acids is 1. The Balaban J connectivity index is 2.87. The highest BCUT2D eigenvalue weighted by Crippen LogP contribution is 2.23. The monoisotopic (exact) mass is 194 g/mol. The number of benzene rings is 1. The van der Waals surface area contributed by atoms with E-state index in [9.17, 15) is 4.79 Å². The molecule has 14 heavy (non-hydrogen) atoms. The average Bonchev–Trinajstić information content (AvgIpc) is 2.15. The van der Waals surface area contributed by atoms with Gasteiger partial charge in [0.05, 0.1) is 5.92 Å². The number of hydrogen-bond acceptors (Lipinski definition) is 2. The van der Waals surface area contributed by atoms with Gasteiger partial charge in [0.2, 0.25) is 0 Å². The van der Waals surface area contributed by atoms with E-state index in [-0.39, 0.29) is 5.75 Å². The van der Waals surface area contributed by atoms with Crippen molar-refractivity contribution in [3.63, 3.8) is 0 Å². The Hall–Kier alpha value is -1.51. The molecule has 0 heterocycles. The van der Waals surface area contributed by atoms with Crippen molar-refractivity contribution < 1.29 is 15.0 Å². The minimum Gasteiger partial charge on any atom is -0.508 e. The summed E-state index contributed by atoms with van der Waals surface area (Å²) in [5, 5.41) is 18.0. The van der Waals surface area contributed by atoms with Gasteiger partial charge in [-0.3, -0.25) is 4.79 Å². The summed E-state index contributed by atoms with van der Waals surface area (Å²) in [6.45, 7) is 1.95. The van der Waals surface area contributed by atoms with E-state index >= 15 is 0 Å². The number of carboxylic acid groups (broad SMARTS) is 1. The van der Waals surface area contributed by atoms with Crippen LogP contribution in [-0.2, 0) is 4.79 Å². The van der Waals surface area contributed by atoms with E-state index in [1.807, 2.05) is 6.92 Å². The lowest BCUT2D eigenvalue weighted by molar-refractivity contribution is -0.139. The smallest absolute Gasteiger partial charge is 0.310 e. The first-order valence-electron chi connectivity index (χ1n) is 4.67. The van der Waals surface area contributed by atoms with Gasteiger partial charge in [0.15, 0.2) is 0 Å². The topological polar surface area (TPSA) is 57.5 Å². The Morgan fingerprint density at radius 3 is 2.36 bits per heavy atom. The van der Waals surface area contributed by atoms with Crippen LogP contribution in [0.15, 0.2) is 24.3 Å². The van der Waals surface area contributed by atoms with Crippen molar-refractivity contribution in [3.8, 4) is 5.75 Å². The van der Waals surface area contributed by atoms with E-state index in [1.54, 1.807) is 12.1 Å². The molecule has 0 fully saturated rings. The molecular weight excluding hydrogens is 180 g/mol. The van der Waals surface area contributed by atoms with E-state index in [2.05, 4.69) is 0 Å². The quantitative estimate of drug-likeness (QED) is 0.773. The van der Waals surface area contributed by atoms with Gasteiger partial charge in [-0.15, -0.1) is 0 Å². The second-order valence-corrected chi connectivity index (χ2v) is 3.27. The van der Waals surface area contributed by atoms with Crippen LogP contribution in [0.2, 0.25) is 0 Å². The molecule has 0 bridgehead atoms. The Labute approximate surface area is 83.0 Å². The second kappa shape index (κ2) is 4.65. The fraction of sp³-hybridized carbons (Fsp3) is 0.364. The summed E-state index contributed by atoms with van der Waals surface area (Å²) < 4.78 is 0. The first kappa shape index (κ1) is 10.6. The van der Waals surface area contributed by atoms with Crippen LogP contribution in [0.4, 0.5) is 0 Å². The maximum Gasteiger partial charge on any atom is 0.310 e. The summed E-state index contributed by atoms with van der Waals surface area (Å²) in [6, 6.07) is 6.34. The van der Waals surface area contributed by atoms with Gasteiger partial charge in [-0.1, -0.05) is 25.5 Å². The predicted octanol–water partition coefficient (Wildman–Crippen LogP) is 2.36. The van der Waals surface area contributed by atoms with Crippen molar-refractivity contribution >= 4 is 5.97 Å². The minimum atomic E-state index is -0.808. The Morgan fingerprint density at radius 2 is 1.93 bits per heavy atom. The standard InChI is InChI=1S/C11H14O3/c1-2-3-10(11(13)14)8-4-6-9(12)7-5-8/h4-7,10,12H,2-3H2,1H3,(H,13,14). The van der Waals surface area contributed by atoms with Crippen molar-refractivity contribution in [1.82, 2.24) is 0 Å². The molecule has 0 aliphatic heterocycles. The largest absolute Gasteiger partial charge is 0.508 e. The summed E-state index contributed by atoms with van der Waals surface area (Å²) in [7, 11) is 0. The lowest BCUT2D eigenvalue weighted by Gasteiger charge is -2.11. The van der Waals surface area contributed by atoms with Crippen molar-refractivity contribution in [2.75, 3.05) is 0 Å². The summed E-state index contributed by atoms with van der Waals surface area (Å²) >= 11 is 0. The number of phenols is 1. The molecule has 76 valence electrons. The molecule has 0 saturated carbocycles. The normalized spacial score (nSPS) is 12.4. The van der Waals surface area contributed by atoms with Crippen LogP contribution < -0.4 is 0 Å². The molecule has 1 aromatic rings. The first-order valence-corrected chi connectivity index (χ1v) is 4.67. The van der Waals surface area contributed by atoms with Gasteiger partial charge >= 0.3 is 5.97 Å². The zero-order chi connectivity index (χ0) is 10.6. The molecule has 0 aromatic heterocycles. The van der Waals surface area contributed by atoms with Gasteiger partial charge in [-0.05, 0) is 24.1 Å². The summed E-state index contributed by atoms with van der Waals surface area (Å²) in [4.78, 5) is 10.9. The molecule has 1 atom stereocenters. The second-order valence-electron chi connectivity index (χ2n) is 3.27. The van der Waals surface area contributed by atoms with E-state index in [1.165, 1.54) is 12.1 Å². The highest BCUT2D eigenvalue weighted by atomic mass is 16.4. The van der Waals surface area contributed by atoms with Crippen LogP contribution >= 0.6 is 0 Å². The van der Waals surface area contributed by atoms with Gasteiger partial charge in [-0.2, -0.15) is 0 Å². The zero-order valence-electron chi connectivity index (χ0n) is 8.10. The fourth-order valence-corrected chi connectivity index (χ4v) is 1.43. The van der Waals surface area contributed by atoms with Crippen molar-refractivity contribution in [3.05, 3.63) is 29.8 Å². The van der Waals surface area contributed by atoms with Gasteiger partial charge in [0, 0.05) is 0 Å². The lowest BCUT2D eigenvalue weighted by atomic mass is 9.95. The van der Waals surface area contributed by atoms with Gasteiger partial charge in [0.25, 0.3) is 0 Å². The van der Waals surface area contributed by atoms with Gasteiger partial charge in [-0.25, -0.2) is 0 Å². The third-order valence-corrected chi connectivity index (χ3v) is 2.17. The van der Waals surface area contributed by atoms with E-state index in [0.717, 1.165) is 12.0 Å². The van der Waals surface area contributed by atoms with Crippen LogP contribution in [0.1, 0.15) is 31.2 Å². The van der Waals surface area contributed by atoms with Crippen molar-refractivity contribution in [2.45, 2.75) is 25.7 Å². The number of aromatic hydroxyl groups is 1. The number of carbonyl (C=O) groups is 1. The highest BCUT2D eigenvalue weighted by Gasteiger charge is 2.18. The molecule has 3 nitrogen and oxygen atoms in total. The molecule has 1 rings (SSSR count). The Morgan fingerprint density at radius 1 is 1.36 bits per heavy atom. The van der Waals surface area contributed by atoms with E-state index in [4.69, 9.17) is 10.2 Å². The van der Waals surface area contributed by atoms with Crippen LogP contribution in [-0.4, -0.2) is 16.2 Å². The molecule has 1 unspecified atom stereocenters. The summed E-state index contributed by atoms with van der Waals surface area (Å²) in [5.74, 6) is -1.10. The molecule has 0 aliphatic rings. The van der Waals surface area contributed by atoms with Crippen molar-refractivity contribution in [1.29, 1.82) is 0 Å². The molecule has 0 amide bonds. The third-order valence-electron chi connectivity index (χ3n) is 2.17. The zero-order valence-corrected chi connectivity index (χ0v) is 8.10. The Kier molecular flexibility index (Phi) is 3.51. The van der Waals surface area contributed by atoms with E-state index in [0.29, 0.717) is 6.42 Å².